The molecule has 0 aliphatic rings. The molecule has 4 nitrogen and oxygen atoms in total. The van der Waals surface area contributed by atoms with E-state index in [-0.39, 0.29) is 17.5 Å². The maximum atomic E-state index is 11.8. The monoisotopic (exact) mass is 279 g/mol. The zero-order valence-electron chi connectivity index (χ0n) is 12.1. The third kappa shape index (κ3) is 3.83. The summed E-state index contributed by atoms with van der Waals surface area (Å²) in [5.41, 5.74) is 0.885. The van der Waals surface area contributed by atoms with Gasteiger partial charge in [0.25, 0.3) is 5.91 Å². The Morgan fingerprint density at radius 3 is 2.57 bits per heavy atom. The van der Waals surface area contributed by atoms with Crippen molar-refractivity contribution in [3.63, 3.8) is 0 Å². The standard InChI is InChI=1S/C17H17N3O/c1-12(2)20-17(21)15(10-18)11-19-16-8-7-13-5-3-4-6-14(13)9-16/h3-9,11-12,19H,1-2H3,(H,20,21)/b15-11-. The maximum Gasteiger partial charge on any atom is 0.263 e. The fourth-order valence-corrected chi connectivity index (χ4v) is 1.92. The number of amides is 1. The van der Waals surface area contributed by atoms with Crippen molar-refractivity contribution in [2.24, 2.45) is 0 Å². The summed E-state index contributed by atoms with van der Waals surface area (Å²) >= 11 is 0. The molecule has 0 atom stereocenters. The summed E-state index contributed by atoms with van der Waals surface area (Å²) in [6, 6.07) is 15.8. The number of nitrogens with one attached hydrogen (secondary N) is 2. The highest BCUT2D eigenvalue weighted by Crippen LogP contribution is 2.18. The molecule has 1 amide bonds. The third-order valence-electron chi connectivity index (χ3n) is 2.92. The van der Waals surface area contributed by atoms with Gasteiger partial charge < -0.3 is 10.6 Å². The van der Waals surface area contributed by atoms with Crippen molar-refractivity contribution in [2.45, 2.75) is 19.9 Å². The summed E-state index contributed by atoms with van der Waals surface area (Å²) in [7, 11) is 0. The number of rotatable bonds is 4. The molecule has 0 aromatic heterocycles. The second kappa shape index (κ2) is 6.58. The number of hydrogen-bond donors (Lipinski definition) is 2. The smallest absolute Gasteiger partial charge is 0.263 e. The predicted octanol–water partition coefficient (Wildman–Crippen LogP) is 3.18. The van der Waals surface area contributed by atoms with Gasteiger partial charge in [0.2, 0.25) is 0 Å². The molecule has 0 radical (unpaired) electrons. The van der Waals surface area contributed by atoms with Gasteiger partial charge in [-0.1, -0.05) is 30.3 Å². The summed E-state index contributed by atoms with van der Waals surface area (Å²) in [5, 5.41) is 17.0. The van der Waals surface area contributed by atoms with Gasteiger partial charge in [0.15, 0.2) is 0 Å². The van der Waals surface area contributed by atoms with E-state index < -0.39 is 0 Å². The van der Waals surface area contributed by atoms with Crippen LogP contribution < -0.4 is 10.6 Å². The second-order valence-electron chi connectivity index (χ2n) is 5.00. The molecule has 2 rings (SSSR count). The normalized spacial score (nSPS) is 11.2. The van der Waals surface area contributed by atoms with E-state index in [4.69, 9.17) is 5.26 Å². The van der Waals surface area contributed by atoms with Crippen LogP contribution in [0.2, 0.25) is 0 Å². The van der Waals surface area contributed by atoms with Gasteiger partial charge in [0.05, 0.1) is 0 Å². The number of nitrogens with zero attached hydrogens (tertiary/aromatic N) is 1. The summed E-state index contributed by atoms with van der Waals surface area (Å²) in [6.45, 7) is 3.70. The Morgan fingerprint density at radius 1 is 1.19 bits per heavy atom. The largest absolute Gasteiger partial charge is 0.360 e. The van der Waals surface area contributed by atoms with Crippen molar-refractivity contribution in [3.8, 4) is 6.07 Å². The molecule has 0 bridgehead atoms. The molecule has 0 unspecified atom stereocenters. The van der Waals surface area contributed by atoms with E-state index in [0.29, 0.717) is 0 Å². The number of fused-ring (bicyclic) bond motifs is 1. The Kier molecular flexibility index (Phi) is 4.57. The van der Waals surface area contributed by atoms with Crippen molar-refractivity contribution in [3.05, 3.63) is 54.2 Å². The van der Waals surface area contributed by atoms with Crippen LogP contribution in [-0.4, -0.2) is 11.9 Å². The van der Waals surface area contributed by atoms with Crippen LogP contribution in [0.3, 0.4) is 0 Å². The van der Waals surface area contributed by atoms with Crippen molar-refractivity contribution in [1.82, 2.24) is 5.32 Å². The van der Waals surface area contributed by atoms with Gasteiger partial charge in [-0.15, -0.1) is 0 Å². The molecular formula is C17H17N3O. The van der Waals surface area contributed by atoms with Gasteiger partial charge in [0.1, 0.15) is 11.6 Å². The Balaban J connectivity index is 2.17. The average molecular weight is 279 g/mol. The first kappa shape index (κ1) is 14.6. The van der Waals surface area contributed by atoms with Gasteiger partial charge in [-0.05, 0) is 36.8 Å². The SMILES string of the molecule is CC(C)NC(=O)/C(C#N)=C\Nc1ccc2ccccc2c1. The van der Waals surface area contributed by atoms with Crippen LogP contribution in [0.5, 0.6) is 0 Å². The Bertz CT molecular complexity index is 726. The molecule has 2 N–H and O–H groups in total. The minimum absolute atomic E-state index is 0.00470. The van der Waals surface area contributed by atoms with Crippen LogP contribution in [0.4, 0.5) is 5.69 Å². The van der Waals surface area contributed by atoms with E-state index in [1.165, 1.54) is 6.20 Å². The zero-order valence-corrected chi connectivity index (χ0v) is 12.1. The first-order valence-electron chi connectivity index (χ1n) is 6.76. The maximum absolute atomic E-state index is 11.8. The number of carbonyl (C=O) groups is 1. The summed E-state index contributed by atoms with van der Waals surface area (Å²) in [5.74, 6) is -0.374. The first-order chi connectivity index (χ1) is 10.1. The summed E-state index contributed by atoms with van der Waals surface area (Å²) in [6.07, 6.45) is 1.43. The average Bonchev–Trinajstić information content (AvgIpc) is 2.47. The fraction of sp³-hybridized carbons (Fsp3) is 0.176. The van der Waals surface area contributed by atoms with Gasteiger partial charge in [0, 0.05) is 17.9 Å². The first-order valence-corrected chi connectivity index (χ1v) is 6.76. The number of benzene rings is 2. The molecule has 2 aromatic carbocycles. The quantitative estimate of drug-likeness (QED) is 0.667. The van der Waals surface area contributed by atoms with Crippen molar-refractivity contribution >= 4 is 22.4 Å². The highest BCUT2D eigenvalue weighted by molar-refractivity contribution is 5.97. The lowest BCUT2D eigenvalue weighted by Gasteiger charge is -2.08. The number of carbonyl (C=O) groups excluding carboxylic acids is 1. The molecule has 4 heteroatoms. The number of hydrogen-bond acceptors (Lipinski definition) is 3. The Hall–Kier alpha value is -2.80. The molecule has 0 heterocycles. The van der Waals surface area contributed by atoms with Gasteiger partial charge in [-0.3, -0.25) is 4.79 Å². The van der Waals surface area contributed by atoms with Gasteiger partial charge >= 0.3 is 0 Å². The van der Waals surface area contributed by atoms with E-state index in [2.05, 4.69) is 10.6 Å². The summed E-state index contributed by atoms with van der Waals surface area (Å²) in [4.78, 5) is 11.8. The van der Waals surface area contributed by atoms with E-state index in [9.17, 15) is 4.79 Å². The molecule has 0 spiro atoms. The highest BCUT2D eigenvalue weighted by Gasteiger charge is 2.09. The minimum Gasteiger partial charge on any atom is -0.360 e. The van der Waals surface area contributed by atoms with Gasteiger partial charge in [-0.2, -0.15) is 5.26 Å². The molecule has 0 aliphatic heterocycles. The Labute approximate surface area is 124 Å². The van der Waals surface area contributed by atoms with E-state index in [1.54, 1.807) is 0 Å². The van der Waals surface area contributed by atoms with Crippen LogP contribution in [0.15, 0.2) is 54.2 Å². The van der Waals surface area contributed by atoms with Crippen LogP contribution in [0, 0.1) is 11.3 Å². The van der Waals surface area contributed by atoms with Crippen LogP contribution >= 0.6 is 0 Å². The molecule has 0 saturated carbocycles. The lowest BCUT2D eigenvalue weighted by Crippen LogP contribution is -2.31. The van der Waals surface area contributed by atoms with Gasteiger partial charge in [-0.25, -0.2) is 0 Å². The van der Waals surface area contributed by atoms with Crippen molar-refractivity contribution in [2.75, 3.05) is 5.32 Å². The van der Waals surface area contributed by atoms with E-state index >= 15 is 0 Å². The lowest BCUT2D eigenvalue weighted by molar-refractivity contribution is -0.117. The zero-order chi connectivity index (χ0) is 15.2. The molecular weight excluding hydrogens is 262 g/mol. The molecule has 0 saturated heterocycles. The third-order valence-corrected chi connectivity index (χ3v) is 2.92. The predicted molar refractivity (Wildman–Crippen MR) is 84.5 cm³/mol. The van der Waals surface area contributed by atoms with Crippen LogP contribution in [0.1, 0.15) is 13.8 Å². The second-order valence-corrected chi connectivity index (χ2v) is 5.00. The lowest BCUT2D eigenvalue weighted by atomic mass is 10.1. The molecule has 2 aromatic rings. The molecule has 21 heavy (non-hydrogen) atoms. The van der Waals surface area contributed by atoms with Crippen LogP contribution in [-0.2, 0) is 4.79 Å². The van der Waals surface area contributed by atoms with Crippen molar-refractivity contribution in [1.29, 1.82) is 5.26 Å². The topological polar surface area (TPSA) is 64.9 Å². The van der Waals surface area contributed by atoms with E-state index in [1.807, 2.05) is 62.4 Å². The minimum atomic E-state index is -0.374. The highest BCUT2D eigenvalue weighted by atomic mass is 16.1. The molecule has 106 valence electrons. The van der Waals surface area contributed by atoms with Crippen LogP contribution in [0.25, 0.3) is 10.8 Å². The number of anilines is 1. The molecule has 0 fully saturated rings. The molecule has 0 aliphatic carbocycles. The Morgan fingerprint density at radius 2 is 1.90 bits per heavy atom. The summed E-state index contributed by atoms with van der Waals surface area (Å²) < 4.78 is 0. The number of nitriles is 1. The van der Waals surface area contributed by atoms with Crippen molar-refractivity contribution < 1.29 is 4.79 Å². The van der Waals surface area contributed by atoms with E-state index in [0.717, 1.165) is 16.5 Å². The fourth-order valence-electron chi connectivity index (χ4n) is 1.92.